The molecule has 0 aliphatic heterocycles. The maximum atomic E-state index is 12.4. The molecule has 0 aliphatic carbocycles. The van der Waals surface area contributed by atoms with Crippen LogP contribution in [0.3, 0.4) is 0 Å². The van der Waals surface area contributed by atoms with Crippen molar-refractivity contribution in [2.75, 3.05) is 0 Å². The van der Waals surface area contributed by atoms with Crippen molar-refractivity contribution in [2.45, 2.75) is 57.4 Å². The summed E-state index contributed by atoms with van der Waals surface area (Å²) in [6, 6.07) is 4.55. The number of rotatable bonds is 7. The highest BCUT2D eigenvalue weighted by Gasteiger charge is 2.17. The molecule has 0 fully saturated rings. The van der Waals surface area contributed by atoms with Gasteiger partial charge >= 0.3 is 0 Å². The number of sulfonamides is 1. The van der Waals surface area contributed by atoms with Crippen LogP contribution in [0.4, 0.5) is 0 Å². The van der Waals surface area contributed by atoms with Gasteiger partial charge in [0, 0.05) is 11.6 Å². The number of hydrogen-bond donors (Lipinski definition) is 2. The molecule has 0 spiro atoms. The maximum absolute atomic E-state index is 12.4. The Bertz CT molecular complexity index is 597. The second-order valence-corrected chi connectivity index (χ2v) is 6.65. The topological polar surface area (TPSA) is 89.3 Å². The zero-order chi connectivity index (χ0) is 16.0. The summed E-state index contributed by atoms with van der Waals surface area (Å²) in [6.07, 6.45) is 3.38. The van der Waals surface area contributed by atoms with Crippen LogP contribution in [0.25, 0.3) is 0 Å². The van der Waals surface area contributed by atoms with Crippen molar-refractivity contribution in [3.05, 3.63) is 29.3 Å². The van der Waals surface area contributed by atoms with Gasteiger partial charge in [-0.3, -0.25) is 4.79 Å². The Morgan fingerprint density at radius 2 is 1.95 bits per heavy atom. The van der Waals surface area contributed by atoms with E-state index in [0.717, 1.165) is 24.8 Å². The van der Waals surface area contributed by atoms with Crippen molar-refractivity contribution in [1.29, 1.82) is 0 Å². The van der Waals surface area contributed by atoms with Gasteiger partial charge in [-0.25, -0.2) is 13.6 Å². The van der Waals surface area contributed by atoms with Gasteiger partial charge in [0.1, 0.15) is 0 Å². The lowest BCUT2D eigenvalue weighted by Gasteiger charge is -2.17. The highest BCUT2D eigenvalue weighted by Crippen LogP contribution is 2.17. The second-order valence-electron chi connectivity index (χ2n) is 5.08. The number of amides is 1. The number of carbonyl (C=O) groups is 1. The molecule has 0 saturated heterocycles. The number of nitrogens with two attached hydrogens (primary N) is 1. The molecule has 1 aromatic carbocycles. The van der Waals surface area contributed by atoms with Crippen molar-refractivity contribution in [2.24, 2.45) is 5.14 Å². The molecule has 1 amide bonds. The number of benzene rings is 1. The number of aryl methyl sites for hydroxylation is 1. The molecule has 6 heteroatoms. The fraction of sp³-hybridized carbons (Fsp3) is 0.533. The van der Waals surface area contributed by atoms with E-state index in [1.165, 1.54) is 12.1 Å². The number of primary sulfonamides is 1. The predicted octanol–water partition coefficient (Wildman–Crippen LogP) is 2.20. The molecule has 3 N–H and O–H groups in total. The molecule has 1 atom stereocenters. The van der Waals surface area contributed by atoms with Crippen molar-refractivity contribution >= 4 is 15.9 Å². The fourth-order valence-corrected chi connectivity index (χ4v) is 2.78. The SMILES string of the molecule is CCCC(CC)NC(=O)c1cc(S(N)(=O)=O)ccc1CC. The molecule has 1 rings (SSSR count). The first kappa shape index (κ1) is 17.7. The van der Waals surface area contributed by atoms with E-state index >= 15 is 0 Å². The second kappa shape index (κ2) is 7.56. The third kappa shape index (κ3) is 4.82. The molecule has 118 valence electrons. The van der Waals surface area contributed by atoms with E-state index in [2.05, 4.69) is 12.2 Å². The van der Waals surface area contributed by atoms with Gasteiger partial charge in [0.2, 0.25) is 10.0 Å². The van der Waals surface area contributed by atoms with Gasteiger partial charge in [-0.2, -0.15) is 0 Å². The molecule has 21 heavy (non-hydrogen) atoms. The average Bonchev–Trinajstić information content (AvgIpc) is 2.44. The van der Waals surface area contributed by atoms with Crippen LogP contribution in [-0.4, -0.2) is 20.4 Å². The largest absolute Gasteiger partial charge is 0.349 e. The quantitative estimate of drug-likeness (QED) is 0.809. The lowest BCUT2D eigenvalue weighted by atomic mass is 10.0. The fourth-order valence-electron chi connectivity index (χ4n) is 2.24. The normalized spacial score (nSPS) is 13.0. The van der Waals surface area contributed by atoms with E-state index in [1.54, 1.807) is 6.07 Å². The van der Waals surface area contributed by atoms with Crippen LogP contribution in [0.2, 0.25) is 0 Å². The summed E-state index contributed by atoms with van der Waals surface area (Å²) in [5.74, 6) is -0.238. The van der Waals surface area contributed by atoms with Gasteiger partial charge in [0.05, 0.1) is 4.90 Å². The van der Waals surface area contributed by atoms with Gasteiger partial charge < -0.3 is 5.32 Å². The third-order valence-electron chi connectivity index (χ3n) is 3.50. The van der Waals surface area contributed by atoms with Crippen LogP contribution in [0.5, 0.6) is 0 Å². The van der Waals surface area contributed by atoms with Crippen LogP contribution >= 0.6 is 0 Å². The molecule has 5 nitrogen and oxygen atoms in total. The Balaban J connectivity index is 3.11. The molecule has 0 saturated carbocycles. The van der Waals surface area contributed by atoms with Crippen LogP contribution in [0.15, 0.2) is 23.1 Å². The van der Waals surface area contributed by atoms with E-state index in [4.69, 9.17) is 5.14 Å². The Kier molecular flexibility index (Phi) is 6.36. The Labute approximate surface area is 127 Å². The zero-order valence-corrected chi connectivity index (χ0v) is 13.7. The smallest absolute Gasteiger partial charge is 0.251 e. The number of hydrogen-bond acceptors (Lipinski definition) is 3. The lowest BCUT2D eigenvalue weighted by Crippen LogP contribution is -2.35. The van der Waals surface area contributed by atoms with Crippen molar-refractivity contribution in [3.63, 3.8) is 0 Å². The first-order valence-electron chi connectivity index (χ1n) is 7.30. The predicted molar refractivity (Wildman–Crippen MR) is 83.6 cm³/mol. The first-order valence-corrected chi connectivity index (χ1v) is 8.84. The molecular formula is C15H24N2O3S. The Morgan fingerprint density at radius 3 is 2.43 bits per heavy atom. The Morgan fingerprint density at radius 1 is 1.29 bits per heavy atom. The lowest BCUT2D eigenvalue weighted by molar-refractivity contribution is 0.0932. The monoisotopic (exact) mass is 312 g/mol. The molecule has 1 aromatic rings. The minimum Gasteiger partial charge on any atom is -0.349 e. The number of carbonyl (C=O) groups excluding carboxylic acids is 1. The van der Waals surface area contributed by atoms with E-state index in [1.807, 2.05) is 13.8 Å². The van der Waals surface area contributed by atoms with Crippen molar-refractivity contribution in [1.82, 2.24) is 5.32 Å². The van der Waals surface area contributed by atoms with Crippen LogP contribution in [0.1, 0.15) is 56.0 Å². The average molecular weight is 312 g/mol. The van der Waals surface area contributed by atoms with E-state index in [0.29, 0.717) is 12.0 Å². The van der Waals surface area contributed by atoms with Crippen molar-refractivity contribution in [3.8, 4) is 0 Å². The van der Waals surface area contributed by atoms with Crippen LogP contribution in [-0.2, 0) is 16.4 Å². The molecule has 0 aliphatic rings. The summed E-state index contributed by atoms with van der Waals surface area (Å²) in [5.41, 5.74) is 1.20. The minimum absolute atomic E-state index is 0.0339. The molecular weight excluding hydrogens is 288 g/mol. The molecule has 0 radical (unpaired) electrons. The standard InChI is InChI=1S/C15H24N2O3S/c1-4-7-12(6-3)17-15(18)14-10-13(21(16,19)20)9-8-11(14)5-2/h8-10,12H,4-7H2,1-3H3,(H,17,18)(H2,16,19,20). The molecule has 0 heterocycles. The van der Waals surface area contributed by atoms with Crippen molar-refractivity contribution < 1.29 is 13.2 Å². The zero-order valence-electron chi connectivity index (χ0n) is 12.8. The minimum atomic E-state index is -3.81. The maximum Gasteiger partial charge on any atom is 0.251 e. The highest BCUT2D eigenvalue weighted by molar-refractivity contribution is 7.89. The van der Waals surface area contributed by atoms with Crippen LogP contribution < -0.4 is 10.5 Å². The summed E-state index contributed by atoms with van der Waals surface area (Å²) >= 11 is 0. The van der Waals surface area contributed by atoms with E-state index in [-0.39, 0.29) is 16.8 Å². The molecule has 0 bridgehead atoms. The van der Waals surface area contributed by atoms with E-state index in [9.17, 15) is 13.2 Å². The molecule has 1 unspecified atom stereocenters. The number of nitrogens with one attached hydrogen (secondary N) is 1. The third-order valence-corrected chi connectivity index (χ3v) is 4.41. The summed E-state index contributed by atoms with van der Waals surface area (Å²) < 4.78 is 22.9. The summed E-state index contributed by atoms with van der Waals surface area (Å²) in [5, 5.41) is 8.10. The van der Waals surface area contributed by atoms with Gasteiger partial charge in [0.25, 0.3) is 5.91 Å². The van der Waals surface area contributed by atoms with Crippen LogP contribution in [0, 0.1) is 0 Å². The van der Waals surface area contributed by atoms with Gasteiger partial charge in [0.15, 0.2) is 0 Å². The van der Waals surface area contributed by atoms with E-state index < -0.39 is 10.0 Å². The summed E-state index contributed by atoms with van der Waals surface area (Å²) in [4.78, 5) is 12.4. The summed E-state index contributed by atoms with van der Waals surface area (Å²) in [6.45, 7) is 6.00. The summed E-state index contributed by atoms with van der Waals surface area (Å²) in [7, 11) is -3.81. The van der Waals surface area contributed by atoms with Gasteiger partial charge in [-0.15, -0.1) is 0 Å². The highest BCUT2D eigenvalue weighted by atomic mass is 32.2. The van der Waals surface area contributed by atoms with Gasteiger partial charge in [-0.05, 0) is 37.0 Å². The Hall–Kier alpha value is -1.40. The van der Waals surface area contributed by atoms with Gasteiger partial charge in [-0.1, -0.05) is 33.3 Å². The molecule has 0 aromatic heterocycles. The first-order chi connectivity index (χ1) is 9.83.